The first-order valence-electron chi connectivity index (χ1n) is 3.23. The lowest BCUT2D eigenvalue weighted by Gasteiger charge is -2.11. The molecule has 0 amide bonds. The molecule has 0 heterocycles. The average Bonchev–Trinajstić information content (AvgIpc) is 1.88. The Morgan fingerprint density at radius 1 is 1.40 bits per heavy atom. The third-order valence-corrected chi connectivity index (χ3v) is 2.13. The number of aliphatic hydroxyl groups excluding tert-OH is 3. The molecule has 10 heavy (non-hydrogen) atoms. The molecule has 4 heteroatoms. The maximum absolute atomic E-state index is 9.00. The number of rotatable bonds is 5. The van der Waals surface area contributed by atoms with Crippen molar-refractivity contribution in [2.75, 3.05) is 18.1 Å². The SMILES string of the molecule is CC(O)C(O)CSCCO. The van der Waals surface area contributed by atoms with E-state index >= 15 is 0 Å². The molecular formula is C6H14O3S. The molecule has 0 radical (unpaired) electrons. The van der Waals surface area contributed by atoms with E-state index in [4.69, 9.17) is 15.3 Å². The van der Waals surface area contributed by atoms with Gasteiger partial charge in [-0.15, -0.1) is 0 Å². The van der Waals surface area contributed by atoms with Crippen molar-refractivity contribution in [3.63, 3.8) is 0 Å². The van der Waals surface area contributed by atoms with Crippen molar-refractivity contribution in [1.29, 1.82) is 0 Å². The van der Waals surface area contributed by atoms with Gasteiger partial charge in [-0.2, -0.15) is 11.8 Å². The van der Waals surface area contributed by atoms with Gasteiger partial charge in [-0.25, -0.2) is 0 Å². The summed E-state index contributed by atoms with van der Waals surface area (Å²) in [5.74, 6) is 1.10. The lowest BCUT2D eigenvalue weighted by molar-refractivity contribution is 0.0469. The van der Waals surface area contributed by atoms with Crippen molar-refractivity contribution in [2.24, 2.45) is 0 Å². The average molecular weight is 166 g/mol. The molecular weight excluding hydrogens is 152 g/mol. The van der Waals surface area contributed by atoms with E-state index < -0.39 is 12.2 Å². The van der Waals surface area contributed by atoms with Gasteiger partial charge >= 0.3 is 0 Å². The quantitative estimate of drug-likeness (QED) is 0.480. The zero-order chi connectivity index (χ0) is 7.98. The summed E-state index contributed by atoms with van der Waals surface area (Å²) < 4.78 is 0. The summed E-state index contributed by atoms with van der Waals surface area (Å²) in [6, 6.07) is 0. The molecule has 0 fully saturated rings. The summed E-state index contributed by atoms with van der Waals surface area (Å²) in [5.41, 5.74) is 0. The topological polar surface area (TPSA) is 60.7 Å². The third kappa shape index (κ3) is 5.05. The van der Waals surface area contributed by atoms with Gasteiger partial charge in [0.1, 0.15) is 0 Å². The Bertz CT molecular complexity index is 77.4. The van der Waals surface area contributed by atoms with Crippen LogP contribution in [0.3, 0.4) is 0 Å². The zero-order valence-electron chi connectivity index (χ0n) is 6.03. The molecule has 0 aromatic heterocycles. The minimum absolute atomic E-state index is 0.122. The molecule has 0 rings (SSSR count). The van der Waals surface area contributed by atoms with E-state index in [9.17, 15) is 0 Å². The van der Waals surface area contributed by atoms with E-state index in [2.05, 4.69) is 0 Å². The highest BCUT2D eigenvalue weighted by molar-refractivity contribution is 7.99. The molecule has 0 saturated carbocycles. The van der Waals surface area contributed by atoms with Crippen molar-refractivity contribution in [3.8, 4) is 0 Å². The monoisotopic (exact) mass is 166 g/mol. The standard InChI is InChI=1S/C6H14O3S/c1-5(8)6(9)4-10-3-2-7/h5-9H,2-4H2,1H3. The third-order valence-electron chi connectivity index (χ3n) is 1.08. The Kier molecular flexibility index (Phi) is 6.11. The summed E-state index contributed by atoms with van der Waals surface area (Å²) in [5, 5.41) is 26.1. The molecule has 0 aliphatic heterocycles. The molecule has 0 bridgehead atoms. The van der Waals surface area contributed by atoms with Crippen LogP contribution in [0.15, 0.2) is 0 Å². The Morgan fingerprint density at radius 2 is 2.00 bits per heavy atom. The first-order chi connectivity index (χ1) is 4.68. The number of hydrogen-bond acceptors (Lipinski definition) is 4. The highest BCUT2D eigenvalue weighted by atomic mass is 32.2. The van der Waals surface area contributed by atoms with Crippen molar-refractivity contribution in [2.45, 2.75) is 19.1 Å². The molecule has 62 valence electrons. The van der Waals surface area contributed by atoms with Crippen LogP contribution in [0.1, 0.15) is 6.92 Å². The fourth-order valence-electron chi connectivity index (χ4n) is 0.408. The maximum atomic E-state index is 9.00. The predicted octanol–water partition coefficient (Wildman–Crippen LogP) is -0.546. The van der Waals surface area contributed by atoms with E-state index in [0.29, 0.717) is 11.5 Å². The zero-order valence-corrected chi connectivity index (χ0v) is 6.84. The van der Waals surface area contributed by atoms with Gasteiger partial charge in [0.25, 0.3) is 0 Å². The highest BCUT2D eigenvalue weighted by Crippen LogP contribution is 2.04. The molecule has 3 N–H and O–H groups in total. The Balaban J connectivity index is 3.13. The fourth-order valence-corrected chi connectivity index (χ4v) is 1.22. The minimum atomic E-state index is -0.675. The van der Waals surface area contributed by atoms with Gasteiger partial charge in [-0.1, -0.05) is 0 Å². The number of hydrogen-bond donors (Lipinski definition) is 3. The van der Waals surface area contributed by atoms with Gasteiger partial charge < -0.3 is 15.3 Å². The predicted molar refractivity (Wildman–Crippen MR) is 42.1 cm³/mol. The van der Waals surface area contributed by atoms with Crippen molar-refractivity contribution < 1.29 is 15.3 Å². The van der Waals surface area contributed by atoms with Gasteiger partial charge in [0, 0.05) is 11.5 Å². The molecule has 3 nitrogen and oxygen atoms in total. The van der Waals surface area contributed by atoms with Crippen molar-refractivity contribution in [3.05, 3.63) is 0 Å². The van der Waals surface area contributed by atoms with Gasteiger partial charge in [0.2, 0.25) is 0 Å². The van der Waals surface area contributed by atoms with Crippen LogP contribution in [0.5, 0.6) is 0 Å². The summed E-state index contributed by atoms with van der Waals surface area (Å²) in [7, 11) is 0. The Hall–Kier alpha value is 0.230. The number of thioether (sulfide) groups is 1. The normalized spacial score (nSPS) is 16.8. The summed E-state index contributed by atoms with van der Waals surface area (Å²) in [4.78, 5) is 0. The van der Waals surface area contributed by atoms with Gasteiger partial charge in [0.05, 0.1) is 18.8 Å². The molecule has 2 unspecified atom stereocenters. The van der Waals surface area contributed by atoms with Crippen LogP contribution >= 0.6 is 11.8 Å². The first-order valence-corrected chi connectivity index (χ1v) is 4.38. The van der Waals surface area contributed by atoms with E-state index in [1.165, 1.54) is 11.8 Å². The first kappa shape index (κ1) is 10.2. The van der Waals surface area contributed by atoms with Crippen molar-refractivity contribution >= 4 is 11.8 Å². The minimum Gasteiger partial charge on any atom is -0.396 e. The molecule has 0 aromatic carbocycles. The molecule has 0 aliphatic carbocycles. The van der Waals surface area contributed by atoms with Crippen LogP contribution < -0.4 is 0 Å². The van der Waals surface area contributed by atoms with E-state index in [1.54, 1.807) is 6.92 Å². The van der Waals surface area contributed by atoms with E-state index in [1.807, 2.05) is 0 Å². The van der Waals surface area contributed by atoms with E-state index in [-0.39, 0.29) is 6.61 Å². The van der Waals surface area contributed by atoms with Crippen LogP contribution in [0.25, 0.3) is 0 Å². The largest absolute Gasteiger partial charge is 0.396 e. The van der Waals surface area contributed by atoms with Crippen LogP contribution in [0, 0.1) is 0 Å². The second-order valence-electron chi connectivity index (χ2n) is 2.11. The van der Waals surface area contributed by atoms with E-state index in [0.717, 1.165) is 0 Å². The Morgan fingerprint density at radius 3 is 2.40 bits per heavy atom. The van der Waals surface area contributed by atoms with Crippen LogP contribution in [0.2, 0.25) is 0 Å². The second kappa shape index (κ2) is 5.97. The van der Waals surface area contributed by atoms with Crippen LogP contribution in [-0.2, 0) is 0 Å². The number of aliphatic hydroxyl groups is 3. The molecule has 0 saturated heterocycles. The van der Waals surface area contributed by atoms with Gasteiger partial charge in [-0.3, -0.25) is 0 Å². The van der Waals surface area contributed by atoms with Gasteiger partial charge in [0.15, 0.2) is 0 Å². The highest BCUT2D eigenvalue weighted by Gasteiger charge is 2.09. The van der Waals surface area contributed by atoms with Gasteiger partial charge in [-0.05, 0) is 6.92 Å². The molecule has 0 aromatic rings. The van der Waals surface area contributed by atoms with Crippen LogP contribution in [0.4, 0.5) is 0 Å². The van der Waals surface area contributed by atoms with Crippen molar-refractivity contribution in [1.82, 2.24) is 0 Å². The Labute approximate surface area is 65.1 Å². The molecule has 2 atom stereocenters. The van der Waals surface area contributed by atoms with Crippen LogP contribution in [-0.4, -0.2) is 45.6 Å². The lowest BCUT2D eigenvalue weighted by Crippen LogP contribution is -2.25. The summed E-state index contributed by atoms with van der Waals surface area (Å²) >= 11 is 1.43. The molecule has 0 aliphatic rings. The summed E-state index contributed by atoms with van der Waals surface area (Å²) in [6.07, 6.45) is -1.34. The second-order valence-corrected chi connectivity index (χ2v) is 3.26. The molecule has 0 spiro atoms. The maximum Gasteiger partial charge on any atom is 0.0886 e. The summed E-state index contributed by atoms with van der Waals surface area (Å²) in [6.45, 7) is 1.67. The smallest absolute Gasteiger partial charge is 0.0886 e. The lowest BCUT2D eigenvalue weighted by atomic mass is 10.3. The fraction of sp³-hybridized carbons (Fsp3) is 1.00.